The van der Waals surface area contributed by atoms with E-state index in [1.807, 2.05) is 49.2 Å². The second-order valence-electron chi connectivity index (χ2n) is 6.28. The van der Waals surface area contributed by atoms with Crippen molar-refractivity contribution in [2.24, 2.45) is 0 Å². The van der Waals surface area contributed by atoms with Crippen LogP contribution < -0.4 is 9.64 Å². The summed E-state index contributed by atoms with van der Waals surface area (Å²) in [5, 5.41) is 8.84. The van der Waals surface area contributed by atoms with Crippen molar-refractivity contribution < 1.29 is 13.9 Å². The van der Waals surface area contributed by atoms with E-state index in [9.17, 15) is 9.18 Å². The number of aryl methyl sites for hydroxylation is 1. The van der Waals surface area contributed by atoms with Crippen molar-refractivity contribution in [3.8, 4) is 11.8 Å². The molecule has 27 heavy (non-hydrogen) atoms. The highest BCUT2D eigenvalue weighted by atomic mass is 19.1. The molecule has 6 heteroatoms. The Bertz CT molecular complexity index is 787. The monoisotopic (exact) mass is 369 g/mol. The summed E-state index contributed by atoms with van der Waals surface area (Å²) >= 11 is 0. The lowest BCUT2D eigenvalue weighted by Crippen LogP contribution is -2.40. The van der Waals surface area contributed by atoms with Crippen LogP contribution in [0.5, 0.6) is 5.75 Å². The second kappa shape index (κ2) is 10.3. The Hall–Kier alpha value is -2.91. The zero-order valence-electron chi connectivity index (χ0n) is 15.7. The number of likely N-dealkylation sites (N-methyl/N-ethyl adjacent to an activating group) is 1. The quantitative estimate of drug-likeness (QED) is 0.680. The Morgan fingerprint density at radius 2 is 1.85 bits per heavy atom. The van der Waals surface area contributed by atoms with E-state index in [2.05, 4.69) is 0 Å². The van der Waals surface area contributed by atoms with Gasteiger partial charge in [0.1, 0.15) is 18.2 Å². The van der Waals surface area contributed by atoms with E-state index in [4.69, 9.17) is 10.00 Å². The highest BCUT2D eigenvalue weighted by Crippen LogP contribution is 2.17. The lowest BCUT2D eigenvalue weighted by Gasteiger charge is -2.25. The van der Waals surface area contributed by atoms with E-state index in [0.29, 0.717) is 18.8 Å². The van der Waals surface area contributed by atoms with Crippen LogP contribution in [0, 0.1) is 24.1 Å². The zero-order valence-corrected chi connectivity index (χ0v) is 15.7. The Balaban J connectivity index is 1.90. The highest BCUT2D eigenvalue weighted by Gasteiger charge is 2.17. The average Bonchev–Trinajstić information content (AvgIpc) is 2.65. The third kappa shape index (κ3) is 6.39. The van der Waals surface area contributed by atoms with Crippen LogP contribution in [0.25, 0.3) is 0 Å². The summed E-state index contributed by atoms with van der Waals surface area (Å²) in [7, 11) is 1.84. The number of carbonyl (C=O) groups is 1. The van der Waals surface area contributed by atoms with Crippen LogP contribution in [0.2, 0.25) is 0 Å². The van der Waals surface area contributed by atoms with Crippen LogP contribution in [0.3, 0.4) is 0 Å². The van der Waals surface area contributed by atoms with Gasteiger partial charge in [-0.25, -0.2) is 4.39 Å². The van der Waals surface area contributed by atoms with Gasteiger partial charge in [0.15, 0.2) is 0 Å². The molecular weight excluding hydrogens is 345 g/mol. The minimum absolute atomic E-state index is 0.143. The fourth-order valence-corrected chi connectivity index (χ4v) is 2.61. The summed E-state index contributed by atoms with van der Waals surface area (Å²) in [4.78, 5) is 16.1. The molecule has 1 amide bonds. The Morgan fingerprint density at radius 3 is 2.52 bits per heavy atom. The normalized spacial score (nSPS) is 10.5. The topological polar surface area (TPSA) is 56.6 Å². The van der Waals surface area contributed by atoms with Crippen molar-refractivity contribution in [1.82, 2.24) is 4.90 Å². The van der Waals surface area contributed by atoms with E-state index in [-0.39, 0.29) is 31.2 Å². The first-order chi connectivity index (χ1) is 13.0. The number of hydrogen-bond donors (Lipinski definition) is 0. The van der Waals surface area contributed by atoms with E-state index in [0.717, 1.165) is 11.3 Å². The molecule has 0 aromatic heterocycles. The van der Waals surface area contributed by atoms with Crippen LogP contribution in [0.1, 0.15) is 12.0 Å². The van der Waals surface area contributed by atoms with Gasteiger partial charge in [0.2, 0.25) is 5.91 Å². The maximum absolute atomic E-state index is 13.1. The molecule has 142 valence electrons. The molecule has 0 aliphatic rings. The van der Waals surface area contributed by atoms with Gasteiger partial charge in [-0.1, -0.05) is 18.2 Å². The molecule has 2 rings (SSSR count). The summed E-state index contributed by atoms with van der Waals surface area (Å²) in [5.74, 6) is 0.325. The van der Waals surface area contributed by atoms with E-state index in [1.165, 1.54) is 17.0 Å². The molecular formula is C21H24FN3O2. The fraction of sp³-hybridized carbons (Fsp3) is 0.333. The number of carbonyl (C=O) groups excluding carboxylic acids is 1. The lowest BCUT2D eigenvalue weighted by atomic mass is 10.2. The summed E-state index contributed by atoms with van der Waals surface area (Å²) in [6, 6.07) is 15.5. The van der Waals surface area contributed by atoms with Crippen molar-refractivity contribution in [1.29, 1.82) is 5.26 Å². The molecule has 2 aromatic carbocycles. The van der Waals surface area contributed by atoms with Crippen LogP contribution >= 0.6 is 0 Å². The van der Waals surface area contributed by atoms with Gasteiger partial charge >= 0.3 is 0 Å². The summed E-state index contributed by atoms with van der Waals surface area (Å²) in [6.45, 7) is 3.48. The average molecular weight is 369 g/mol. The first kappa shape index (κ1) is 20.4. The van der Waals surface area contributed by atoms with Crippen LogP contribution in [-0.4, -0.2) is 44.1 Å². The van der Waals surface area contributed by atoms with Crippen molar-refractivity contribution in [3.05, 3.63) is 59.9 Å². The van der Waals surface area contributed by atoms with Crippen LogP contribution in [0.4, 0.5) is 10.1 Å². The minimum atomic E-state index is -0.364. The number of nitrogens with zero attached hydrogens (tertiary/aromatic N) is 3. The zero-order chi connectivity index (χ0) is 19.6. The smallest absolute Gasteiger partial charge is 0.241 e. The number of benzene rings is 2. The molecule has 0 radical (unpaired) electrons. The number of amides is 1. The molecule has 0 spiro atoms. The molecule has 5 nitrogen and oxygen atoms in total. The van der Waals surface area contributed by atoms with Crippen molar-refractivity contribution >= 4 is 11.6 Å². The molecule has 0 atom stereocenters. The van der Waals surface area contributed by atoms with Crippen molar-refractivity contribution in [3.63, 3.8) is 0 Å². The number of ether oxygens (including phenoxy) is 1. The SMILES string of the molecule is Cc1ccccc1OCCN(C)CC(=O)N(CCC#N)c1ccc(F)cc1. The van der Waals surface area contributed by atoms with Crippen LogP contribution in [-0.2, 0) is 4.79 Å². The van der Waals surface area contributed by atoms with E-state index >= 15 is 0 Å². The van der Waals surface area contributed by atoms with Gasteiger partial charge in [0.25, 0.3) is 0 Å². The molecule has 0 aliphatic heterocycles. The van der Waals surface area contributed by atoms with Gasteiger partial charge in [0, 0.05) is 18.8 Å². The molecule has 0 heterocycles. The van der Waals surface area contributed by atoms with E-state index in [1.54, 1.807) is 12.1 Å². The standard InChI is InChI=1S/C21H24FN3O2/c1-17-6-3-4-7-20(17)27-15-14-24(2)16-21(26)25(13-5-12-23)19-10-8-18(22)9-11-19/h3-4,6-11H,5,13-16H2,1-2H3. The molecule has 2 aromatic rings. The number of halogens is 1. The number of para-hydroxylation sites is 1. The predicted molar refractivity (Wildman–Crippen MR) is 103 cm³/mol. The van der Waals surface area contributed by atoms with Crippen molar-refractivity contribution in [2.75, 3.05) is 38.2 Å². The fourth-order valence-electron chi connectivity index (χ4n) is 2.61. The summed E-state index contributed by atoms with van der Waals surface area (Å²) in [5.41, 5.74) is 1.65. The van der Waals surface area contributed by atoms with Gasteiger partial charge in [-0.05, 0) is 49.9 Å². The molecule has 0 bridgehead atoms. The van der Waals surface area contributed by atoms with Crippen molar-refractivity contribution in [2.45, 2.75) is 13.3 Å². The number of anilines is 1. The Labute approximate surface area is 159 Å². The Kier molecular flexibility index (Phi) is 7.78. The summed E-state index contributed by atoms with van der Waals surface area (Å²) in [6.07, 6.45) is 0.212. The van der Waals surface area contributed by atoms with Crippen LogP contribution in [0.15, 0.2) is 48.5 Å². The summed E-state index contributed by atoms with van der Waals surface area (Å²) < 4.78 is 18.9. The number of hydrogen-bond acceptors (Lipinski definition) is 4. The molecule has 0 aliphatic carbocycles. The third-order valence-electron chi connectivity index (χ3n) is 4.12. The van der Waals surface area contributed by atoms with Gasteiger partial charge in [-0.2, -0.15) is 5.26 Å². The number of nitriles is 1. The Morgan fingerprint density at radius 1 is 1.15 bits per heavy atom. The van der Waals surface area contributed by atoms with Gasteiger partial charge < -0.3 is 9.64 Å². The first-order valence-electron chi connectivity index (χ1n) is 8.81. The lowest BCUT2D eigenvalue weighted by molar-refractivity contribution is -0.119. The predicted octanol–water partition coefficient (Wildman–Crippen LogP) is 3.39. The van der Waals surface area contributed by atoms with Gasteiger partial charge in [0.05, 0.1) is 19.0 Å². The highest BCUT2D eigenvalue weighted by molar-refractivity contribution is 5.94. The second-order valence-corrected chi connectivity index (χ2v) is 6.28. The maximum Gasteiger partial charge on any atom is 0.241 e. The largest absolute Gasteiger partial charge is 0.492 e. The molecule has 0 unspecified atom stereocenters. The van der Waals surface area contributed by atoms with E-state index < -0.39 is 0 Å². The van der Waals surface area contributed by atoms with Gasteiger partial charge in [-0.15, -0.1) is 0 Å². The molecule has 0 fully saturated rings. The molecule has 0 saturated carbocycles. The first-order valence-corrected chi connectivity index (χ1v) is 8.81. The third-order valence-corrected chi connectivity index (χ3v) is 4.12. The maximum atomic E-state index is 13.1. The van der Waals surface area contributed by atoms with Gasteiger partial charge in [-0.3, -0.25) is 9.69 Å². The minimum Gasteiger partial charge on any atom is -0.492 e. The molecule has 0 saturated heterocycles. The number of rotatable bonds is 9. The molecule has 0 N–H and O–H groups in total.